The minimum atomic E-state index is 0.192. The van der Waals surface area contributed by atoms with Gasteiger partial charge in [0.25, 0.3) is 0 Å². The van der Waals surface area contributed by atoms with Gasteiger partial charge in [0.1, 0.15) is 0 Å². The quantitative estimate of drug-likeness (QED) is 0.599. The summed E-state index contributed by atoms with van der Waals surface area (Å²) in [5.74, 6) is 0.719. The zero-order valence-electron chi connectivity index (χ0n) is 11.8. The summed E-state index contributed by atoms with van der Waals surface area (Å²) in [5, 5.41) is 12.1. The maximum atomic E-state index is 8.86. The van der Waals surface area contributed by atoms with Crippen LogP contribution in [0.25, 0.3) is 0 Å². The maximum absolute atomic E-state index is 8.86. The van der Waals surface area contributed by atoms with E-state index in [4.69, 9.17) is 9.84 Å². The van der Waals surface area contributed by atoms with Crippen molar-refractivity contribution in [1.29, 1.82) is 0 Å². The minimum absolute atomic E-state index is 0.192. The topological polar surface area (TPSA) is 70.5 Å². The molecule has 6 nitrogen and oxygen atoms in total. The van der Waals surface area contributed by atoms with Gasteiger partial charge >= 0.3 is 0 Å². The molecule has 1 aromatic heterocycles. The number of nitrogens with zero attached hydrogens (tertiary/aromatic N) is 3. The smallest absolute Gasteiger partial charge is 0.225 e. The van der Waals surface area contributed by atoms with Crippen molar-refractivity contribution in [2.24, 2.45) is 0 Å². The maximum Gasteiger partial charge on any atom is 0.225 e. The largest absolute Gasteiger partial charge is 0.396 e. The van der Waals surface area contributed by atoms with Gasteiger partial charge in [0.2, 0.25) is 5.95 Å². The van der Waals surface area contributed by atoms with Crippen molar-refractivity contribution in [2.75, 3.05) is 44.9 Å². The lowest BCUT2D eigenvalue weighted by atomic mass is 10.3. The average Bonchev–Trinajstić information content (AvgIpc) is 2.46. The number of hydrogen-bond acceptors (Lipinski definition) is 6. The molecule has 0 atom stereocenters. The number of aliphatic hydroxyl groups excluding tert-OH is 1. The van der Waals surface area contributed by atoms with Crippen molar-refractivity contribution in [2.45, 2.75) is 19.9 Å². The SMILES string of the molecule is CCN(CCCO)c1ncc(CNCCOC)cn1. The molecule has 1 heterocycles. The molecular weight excluding hydrogens is 244 g/mol. The van der Waals surface area contributed by atoms with Crippen molar-refractivity contribution >= 4 is 5.95 Å². The van der Waals surface area contributed by atoms with E-state index in [1.807, 2.05) is 12.4 Å². The Kier molecular flexibility index (Phi) is 8.04. The molecule has 1 aromatic rings. The lowest BCUT2D eigenvalue weighted by Gasteiger charge is -2.20. The van der Waals surface area contributed by atoms with Crippen LogP contribution in [0.2, 0.25) is 0 Å². The summed E-state index contributed by atoms with van der Waals surface area (Å²) in [6, 6.07) is 0. The number of aromatic nitrogens is 2. The highest BCUT2D eigenvalue weighted by molar-refractivity contribution is 5.29. The first-order valence-corrected chi connectivity index (χ1v) is 6.68. The molecule has 0 spiro atoms. The molecule has 0 saturated heterocycles. The van der Waals surface area contributed by atoms with E-state index in [1.165, 1.54) is 0 Å². The van der Waals surface area contributed by atoms with Crippen LogP contribution >= 0.6 is 0 Å². The van der Waals surface area contributed by atoms with Crippen molar-refractivity contribution in [3.05, 3.63) is 18.0 Å². The fourth-order valence-electron chi connectivity index (χ4n) is 1.67. The van der Waals surface area contributed by atoms with Gasteiger partial charge in [-0.15, -0.1) is 0 Å². The summed E-state index contributed by atoms with van der Waals surface area (Å²) in [7, 11) is 1.69. The Morgan fingerprint density at radius 1 is 1.37 bits per heavy atom. The predicted octanol–water partition coefficient (Wildman–Crippen LogP) is 0.421. The molecular formula is C13H24N4O2. The molecule has 0 bridgehead atoms. The molecule has 0 aliphatic rings. The molecule has 1 rings (SSSR count). The lowest BCUT2D eigenvalue weighted by molar-refractivity contribution is 0.199. The monoisotopic (exact) mass is 268 g/mol. The van der Waals surface area contributed by atoms with Crippen LogP contribution in [-0.2, 0) is 11.3 Å². The van der Waals surface area contributed by atoms with Crippen LogP contribution in [0.15, 0.2) is 12.4 Å². The van der Waals surface area contributed by atoms with E-state index in [2.05, 4.69) is 27.1 Å². The van der Waals surface area contributed by atoms with Crippen LogP contribution in [0.5, 0.6) is 0 Å². The van der Waals surface area contributed by atoms with Gasteiger partial charge in [-0.3, -0.25) is 0 Å². The van der Waals surface area contributed by atoms with Crippen LogP contribution in [0.4, 0.5) is 5.95 Å². The number of methoxy groups -OCH3 is 1. The summed E-state index contributed by atoms with van der Waals surface area (Å²) >= 11 is 0. The second-order valence-electron chi connectivity index (χ2n) is 4.22. The van der Waals surface area contributed by atoms with Crippen LogP contribution in [0.1, 0.15) is 18.9 Å². The number of hydrogen-bond donors (Lipinski definition) is 2. The summed E-state index contributed by atoms with van der Waals surface area (Å²) in [6.07, 6.45) is 4.41. The Bertz CT molecular complexity index is 332. The molecule has 0 saturated carbocycles. The lowest BCUT2D eigenvalue weighted by Crippen LogP contribution is -2.26. The predicted molar refractivity (Wildman–Crippen MR) is 75.2 cm³/mol. The summed E-state index contributed by atoms with van der Waals surface area (Å²) in [6.45, 7) is 6.12. The third-order valence-corrected chi connectivity index (χ3v) is 2.75. The van der Waals surface area contributed by atoms with Gasteiger partial charge in [-0.25, -0.2) is 9.97 Å². The third kappa shape index (κ3) is 5.96. The van der Waals surface area contributed by atoms with Crippen LogP contribution < -0.4 is 10.2 Å². The van der Waals surface area contributed by atoms with Crippen LogP contribution in [0, 0.1) is 0 Å². The van der Waals surface area contributed by atoms with Gasteiger partial charge in [-0.05, 0) is 13.3 Å². The summed E-state index contributed by atoms with van der Waals surface area (Å²) < 4.78 is 4.96. The first-order valence-electron chi connectivity index (χ1n) is 6.68. The van der Waals surface area contributed by atoms with E-state index in [0.29, 0.717) is 6.61 Å². The Morgan fingerprint density at radius 2 is 2.11 bits per heavy atom. The summed E-state index contributed by atoms with van der Waals surface area (Å²) in [4.78, 5) is 10.8. The van der Waals surface area contributed by atoms with Crippen molar-refractivity contribution in [3.63, 3.8) is 0 Å². The first kappa shape index (κ1) is 15.8. The van der Waals surface area contributed by atoms with E-state index in [-0.39, 0.29) is 6.61 Å². The molecule has 6 heteroatoms. The molecule has 0 fully saturated rings. The standard InChI is InChI=1S/C13H24N4O2/c1-3-17(6-4-7-18)13-15-10-12(11-16-13)9-14-5-8-19-2/h10-11,14,18H,3-9H2,1-2H3. The Morgan fingerprint density at radius 3 is 2.68 bits per heavy atom. The number of ether oxygens (including phenoxy) is 1. The van der Waals surface area contributed by atoms with Crippen molar-refractivity contribution in [1.82, 2.24) is 15.3 Å². The molecule has 0 unspecified atom stereocenters. The fourth-order valence-corrected chi connectivity index (χ4v) is 1.67. The van der Waals surface area contributed by atoms with Crippen molar-refractivity contribution in [3.8, 4) is 0 Å². The highest BCUT2D eigenvalue weighted by Crippen LogP contribution is 2.07. The highest BCUT2D eigenvalue weighted by Gasteiger charge is 2.06. The Hall–Kier alpha value is -1.24. The van der Waals surface area contributed by atoms with E-state index in [1.54, 1.807) is 7.11 Å². The van der Waals surface area contributed by atoms with E-state index in [0.717, 1.165) is 44.1 Å². The van der Waals surface area contributed by atoms with E-state index in [9.17, 15) is 0 Å². The molecule has 19 heavy (non-hydrogen) atoms. The Labute approximate surface area is 114 Å². The number of rotatable bonds is 10. The molecule has 0 amide bonds. The molecule has 0 aliphatic carbocycles. The Balaban J connectivity index is 2.45. The van der Waals surface area contributed by atoms with Gasteiger partial charge in [0, 0.05) is 57.9 Å². The van der Waals surface area contributed by atoms with Crippen molar-refractivity contribution < 1.29 is 9.84 Å². The molecule has 0 aliphatic heterocycles. The second kappa shape index (κ2) is 9.66. The molecule has 2 N–H and O–H groups in total. The van der Waals surface area contributed by atoms with Gasteiger partial charge < -0.3 is 20.1 Å². The van der Waals surface area contributed by atoms with Crippen LogP contribution in [0.3, 0.4) is 0 Å². The third-order valence-electron chi connectivity index (χ3n) is 2.75. The second-order valence-corrected chi connectivity index (χ2v) is 4.22. The van der Waals surface area contributed by atoms with Gasteiger partial charge in [-0.1, -0.05) is 0 Å². The minimum Gasteiger partial charge on any atom is -0.396 e. The number of nitrogens with one attached hydrogen (secondary N) is 1. The highest BCUT2D eigenvalue weighted by atomic mass is 16.5. The average molecular weight is 268 g/mol. The normalized spacial score (nSPS) is 10.7. The number of aliphatic hydroxyl groups is 1. The zero-order chi connectivity index (χ0) is 13.9. The number of anilines is 1. The fraction of sp³-hybridized carbons (Fsp3) is 0.692. The molecule has 0 radical (unpaired) electrons. The van der Waals surface area contributed by atoms with Crippen LogP contribution in [-0.4, -0.2) is 55.0 Å². The molecule has 0 aromatic carbocycles. The zero-order valence-corrected chi connectivity index (χ0v) is 11.8. The van der Waals surface area contributed by atoms with Gasteiger partial charge in [0.15, 0.2) is 0 Å². The summed E-state index contributed by atoms with van der Waals surface area (Å²) in [5.41, 5.74) is 1.05. The van der Waals surface area contributed by atoms with E-state index >= 15 is 0 Å². The van der Waals surface area contributed by atoms with E-state index < -0.39 is 0 Å². The van der Waals surface area contributed by atoms with Gasteiger partial charge in [-0.2, -0.15) is 0 Å². The first-order chi connectivity index (χ1) is 9.31. The van der Waals surface area contributed by atoms with Gasteiger partial charge in [0.05, 0.1) is 6.61 Å². The molecule has 108 valence electrons.